The number of rotatable bonds is 3. The van der Waals surface area contributed by atoms with Crippen molar-refractivity contribution in [2.75, 3.05) is 7.11 Å². The minimum absolute atomic E-state index is 0.533. The zero-order valence-electron chi connectivity index (χ0n) is 8.88. The molecule has 0 amide bonds. The topological polar surface area (TPSA) is 39.2 Å². The lowest BCUT2D eigenvalue weighted by Gasteiger charge is -2.05. The fourth-order valence-corrected chi connectivity index (χ4v) is 1.50. The van der Waals surface area contributed by atoms with Gasteiger partial charge in [0.15, 0.2) is 6.29 Å². The SMILES string of the molecule is COc1cnc(-c2ccccc2)c(C=O)c1. The number of methoxy groups -OCH3 is 1. The summed E-state index contributed by atoms with van der Waals surface area (Å²) in [5.74, 6) is 0.585. The van der Waals surface area contributed by atoms with Crippen molar-refractivity contribution < 1.29 is 9.53 Å². The lowest BCUT2D eigenvalue weighted by atomic mass is 10.1. The molecule has 0 aliphatic heterocycles. The molecule has 0 saturated heterocycles. The fraction of sp³-hybridized carbons (Fsp3) is 0.0769. The third-order valence-electron chi connectivity index (χ3n) is 2.30. The van der Waals surface area contributed by atoms with Gasteiger partial charge in [0.25, 0.3) is 0 Å². The number of hydrogen-bond donors (Lipinski definition) is 0. The van der Waals surface area contributed by atoms with Crippen LogP contribution in [0.3, 0.4) is 0 Å². The number of hydrogen-bond acceptors (Lipinski definition) is 3. The van der Waals surface area contributed by atoms with Crippen molar-refractivity contribution in [2.24, 2.45) is 0 Å². The monoisotopic (exact) mass is 213 g/mol. The van der Waals surface area contributed by atoms with Gasteiger partial charge in [-0.25, -0.2) is 0 Å². The molecule has 0 atom stereocenters. The van der Waals surface area contributed by atoms with Crippen LogP contribution < -0.4 is 4.74 Å². The molecule has 1 heterocycles. The molecule has 0 unspecified atom stereocenters. The lowest BCUT2D eigenvalue weighted by Crippen LogP contribution is -1.93. The highest BCUT2D eigenvalue weighted by atomic mass is 16.5. The molecule has 3 heteroatoms. The predicted octanol–water partition coefficient (Wildman–Crippen LogP) is 2.57. The molecule has 2 rings (SSSR count). The first-order chi connectivity index (χ1) is 7.85. The third kappa shape index (κ3) is 1.93. The molecule has 16 heavy (non-hydrogen) atoms. The van der Waals surface area contributed by atoms with Crippen LogP contribution in [0.5, 0.6) is 5.75 Å². The van der Waals surface area contributed by atoms with Crippen molar-refractivity contribution in [3.63, 3.8) is 0 Å². The molecule has 80 valence electrons. The van der Waals surface area contributed by atoms with Crippen LogP contribution in [0.15, 0.2) is 42.6 Å². The highest BCUT2D eigenvalue weighted by Crippen LogP contribution is 2.23. The summed E-state index contributed by atoms with van der Waals surface area (Å²) in [6, 6.07) is 11.3. The van der Waals surface area contributed by atoms with Gasteiger partial charge in [-0.2, -0.15) is 0 Å². The van der Waals surface area contributed by atoms with Crippen LogP contribution in [0.4, 0.5) is 0 Å². The van der Waals surface area contributed by atoms with Crippen LogP contribution in [0.25, 0.3) is 11.3 Å². The first-order valence-corrected chi connectivity index (χ1v) is 4.90. The van der Waals surface area contributed by atoms with E-state index in [-0.39, 0.29) is 0 Å². The number of nitrogens with zero attached hydrogens (tertiary/aromatic N) is 1. The van der Waals surface area contributed by atoms with Crippen molar-refractivity contribution >= 4 is 6.29 Å². The number of pyridine rings is 1. The Bertz CT molecular complexity index is 495. The first kappa shape index (κ1) is 10.4. The van der Waals surface area contributed by atoms with E-state index in [2.05, 4.69) is 4.98 Å². The summed E-state index contributed by atoms with van der Waals surface area (Å²) >= 11 is 0. The van der Waals surface area contributed by atoms with Crippen LogP contribution in [0.1, 0.15) is 10.4 Å². The maximum absolute atomic E-state index is 11.0. The highest BCUT2D eigenvalue weighted by Gasteiger charge is 2.07. The third-order valence-corrected chi connectivity index (χ3v) is 2.30. The maximum atomic E-state index is 11.0. The summed E-state index contributed by atoms with van der Waals surface area (Å²) < 4.78 is 5.03. The molecule has 1 aromatic heterocycles. The van der Waals surface area contributed by atoms with Gasteiger partial charge in [-0.3, -0.25) is 9.78 Å². The Morgan fingerprint density at radius 1 is 1.25 bits per heavy atom. The van der Waals surface area contributed by atoms with Crippen molar-refractivity contribution in [3.8, 4) is 17.0 Å². The van der Waals surface area contributed by atoms with Gasteiger partial charge in [0, 0.05) is 11.1 Å². The van der Waals surface area contributed by atoms with Gasteiger partial charge < -0.3 is 4.74 Å². The highest BCUT2D eigenvalue weighted by molar-refractivity contribution is 5.86. The van der Waals surface area contributed by atoms with Crippen LogP contribution >= 0.6 is 0 Å². The summed E-state index contributed by atoms with van der Waals surface area (Å²) in [5.41, 5.74) is 2.13. The molecular weight excluding hydrogens is 202 g/mol. The van der Waals surface area contributed by atoms with Gasteiger partial charge in [-0.05, 0) is 6.07 Å². The number of carbonyl (C=O) groups excluding carboxylic acids is 1. The van der Waals surface area contributed by atoms with Crippen molar-refractivity contribution in [1.82, 2.24) is 4.98 Å². The molecule has 2 aromatic rings. The molecule has 3 nitrogen and oxygen atoms in total. The number of carbonyl (C=O) groups is 1. The Kier molecular flexibility index (Phi) is 2.96. The second-order valence-corrected chi connectivity index (χ2v) is 3.30. The Hall–Kier alpha value is -2.16. The fourth-order valence-electron chi connectivity index (χ4n) is 1.50. The standard InChI is InChI=1S/C13H11NO2/c1-16-12-7-11(9-15)13(14-8-12)10-5-3-2-4-6-10/h2-9H,1H3. The van der Waals surface area contributed by atoms with E-state index in [1.54, 1.807) is 19.4 Å². The van der Waals surface area contributed by atoms with Crippen LogP contribution in [-0.4, -0.2) is 18.4 Å². The predicted molar refractivity (Wildman–Crippen MR) is 61.6 cm³/mol. The average Bonchev–Trinajstić information content (AvgIpc) is 2.39. The molecule has 0 N–H and O–H groups in total. The summed E-state index contributed by atoms with van der Waals surface area (Å²) in [7, 11) is 1.55. The van der Waals surface area contributed by atoms with Gasteiger partial charge in [0.2, 0.25) is 0 Å². The van der Waals surface area contributed by atoms with Crippen molar-refractivity contribution in [3.05, 3.63) is 48.2 Å². The van der Waals surface area contributed by atoms with Gasteiger partial charge in [-0.1, -0.05) is 30.3 Å². The lowest BCUT2D eigenvalue weighted by molar-refractivity contribution is 0.112. The number of aromatic nitrogens is 1. The van der Waals surface area contributed by atoms with Gasteiger partial charge in [-0.15, -0.1) is 0 Å². The summed E-state index contributed by atoms with van der Waals surface area (Å²) in [6.45, 7) is 0. The normalized spacial score (nSPS) is 9.81. The van der Waals surface area contributed by atoms with E-state index in [9.17, 15) is 4.79 Å². The van der Waals surface area contributed by atoms with E-state index < -0.39 is 0 Å². The number of benzene rings is 1. The minimum atomic E-state index is 0.533. The summed E-state index contributed by atoms with van der Waals surface area (Å²) in [6.07, 6.45) is 2.40. The zero-order chi connectivity index (χ0) is 11.4. The van der Waals surface area contributed by atoms with Crippen LogP contribution in [-0.2, 0) is 0 Å². The molecule has 0 fully saturated rings. The largest absolute Gasteiger partial charge is 0.495 e. The second-order valence-electron chi connectivity index (χ2n) is 3.30. The Labute approximate surface area is 93.7 Å². The minimum Gasteiger partial charge on any atom is -0.495 e. The Balaban J connectivity index is 2.53. The van der Waals surface area contributed by atoms with Crippen molar-refractivity contribution in [1.29, 1.82) is 0 Å². The van der Waals surface area contributed by atoms with Crippen LogP contribution in [0, 0.1) is 0 Å². The summed E-state index contributed by atoms with van der Waals surface area (Å²) in [4.78, 5) is 15.2. The molecular formula is C13H11NO2. The molecule has 0 aliphatic carbocycles. The van der Waals surface area contributed by atoms with E-state index >= 15 is 0 Å². The Morgan fingerprint density at radius 2 is 2.00 bits per heavy atom. The van der Waals surface area contributed by atoms with Gasteiger partial charge in [0.05, 0.1) is 19.0 Å². The van der Waals surface area contributed by atoms with Crippen molar-refractivity contribution in [2.45, 2.75) is 0 Å². The molecule has 0 bridgehead atoms. The number of aldehydes is 1. The molecule has 1 aromatic carbocycles. The van der Waals surface area contributed by atoms with E-state index in [1.165, 1.54) is 0 Å². The molecule has 0 aliphatic rings. The maximum Gasteiger partial charge on any atom is 0.152 e. The molecule has 0 radical (unpaired) electrons. The van der Waals surface area contributed by atoms with Gasteiger partial charge in [0.1, 0.15) is 5.75 Å². The Morgan fingerprint density at radius 3 is 2.62 bits per heavy atom. The first-order valence-electron chi connectivity index (χ1n) is 4.90. The van der Waals surface area contributed by atoms with Crippen LogP contribution in [0.2, 0.25) is 0 Å². The quantitative estimate of drug-likeness (QED) is 0.735. The van der Waals surface area contributed by atoms with E-state index in [0.29, 0.717) is 17.0 Å². The molecule has 0 spiro atoms. The van der Waals surface area contributed by atoms with E-state index in [0.717, 1.165) is 11.8 Å². The van der Waals surface area contributed by atoms with E-state index in [1.807, 2.05) is 30.3 Å². The molecule has 0 saturated carbocycles. The summed E-state index contributed by atoms with van der Waals surface area (Å²) in [5, 5.41) is 0. The van der Waals surface area contributed by atoms with Gasteiger partial charge >= 0.3 is 0 Å². The second kappa shape index (κ2) is 4.57. The number of ether oxygens (including phenoxy) is 1. The zero-order valence-corrected chi connectivity index (χ0v) is 8.88. The van der Waals surface area contributed by atoms with E-state index in [4.69, 9.17) is 4.74 Å². The average molecular weight is 213 g/mol. The smallest absolute Gasteiger partial charge is 0.152 e.